The summed E-state index contributed by atoms with van der Waals surface area (Å²) in [5.74, 6) is -0.893. The van der Waals surface area contributed by atoms with Crippen molar-refractivity contribution in [2.24, 2.45) is 0 Å². The molecule has 0 unspecified atom stereocenters. The number of anilines is 1. The van der Waals surface area contributed by atoms with Crippen LogP contribution >= 0.6 is 23.2 Å². The van der Waals surface area contributed by atoms with Crippen molar-refractivity contribution >= 4 is 50.7 Å². The molecule has 3 rings (SSSR count). The summed E-state index contributed by atoms with van der Waals surface area (Å²) in [4.78, 5) is 28.5. The van der Waals surface area contributed by atoms with E-state index in [2.05, 4.69) is 5.32 Å². The van der Waals surface area contributed by atoms with Crippen molar-refractivity contribution in [3.05, 3.63) is 94.0 Å². The van der Waals surface area contributed by atoms with Crippen molar-refractivity contribution in [2.45, 2.75) is 57.6 Å². The van der Waals surface area contributed by atoms with Gasteiger partial charge < -0.3 is 10.2 Å². The highest BCUT2D eigenvalue weighted by Gasteiger charge is 2.33. The molecule has 1 N–H and O–H groups in total. The molecule has 3 aromatic carbocycles. The van der Waals surface area contributed by atoms with Crippen LogP contribution in [0.1, 0.15) is 38.8 Å². The van der Waals surface area contributed by atoms with Gasteiger partial charge in [-0.05, 0) is 88.2 Å². The zero-order valence-electron chi connectivity index (χ0n) is 22.6. The zero-order chi connectivity index (χ0) is 29.0. The third-order valence-electron chi connectivity index (χ3n) is 6.00. The first-order chi connectivity index (χ1) is 18.2. The number of hydrogen-bond acceptors (Lipinski definition) is 4. The van der Waals surface area contributed by atoms with Gasteiger partial charge in [0.05, 0.1) is 10.6 Å². The minimum atomic E-state index is -4.17. The van der Waals surface area contributed by atoms with E-state index in [-0.39, 0.29) is 17.3 Å². The summed E-state index contributed by atoms with van der Waals surface area (Å²) in [7, 11) is -4.17. The summed E-state index contributed by atoms with van der Waals surface area (Å²) in [5, 5.41) is 3.83. The van der Waals surface area contributed by atoms with E-state index in [1.165, 1.54) is 29.2 Å². The zero-order valence-corrected chi connectivity index (χ0v) is 24.9. The van der Waals surface area contributed by atoms with Crippen LogP contribution in [0.15, 0.2) is 77.7 Å². The lowest BCUT2D eigenvalue weighted by molar-refractivity contribution is -0.140. The number of para-hydroxylation sites is 1. The van der Waals surface area contributed by atoms with Crippen LogP contribution in [0.25, 0.3) is 0 Å². The molecule has 1 atom stereocenters. The second kappa shape index (κ2) is 12.4. The van der Waals surface area contributed by atoms with Crippen molar-refractivity contribution in [3.8, 4) is 0 Å². The molecular formula is C29H33Cl2N3O4S. The molecule has 0 saturated heterocycles. The third kappa shape index (κ3) is 7.97. The molecule has 2 amide bonds. The third-order valence-corrected chi connectivity index (χ3v) is 8.27. The fourth-order valence-electron chi connectivity index (χ4n) is 3.93. The molecule has 0 aromatic heterocycles. The van der Waals surface area contributed by atoms with Crippen LogP contribution in [0.3, 0.4) is 0 Å². The second-order valence-corrected chi connectivity index (χ2v) is 13.1. The Morgan fingerprint density at radius 1 is 0.897 bits per heavy atom. The van der Waals surface area contributed by atoms with Gasteiger partial charge >= 0.3 is 0 Å². The van der Waals surface area contributed by atoms with Gasteiger partial charge in [0.2, 0.25) is 11.8 Å². The highest BCUT2D eigenvalue weighted by Crippen LogP contribution is 2.28. The van der Waals surface area contributed by atoms with E-state index < -0.39 is 34.1 Å². The van der Waals surface area contributed by atoms with Gasteiger partial charge in [0, 0.05) is 22.1 Å². The predicted molar refractivity (Wildman–Crippen MR) is 157 cm³/mol. The molecule has 0 bridgehead atoms. The number of carbonyl (C=O) groups is 2. The van der Waals surface area contributed by atoms with E-state index in [4.69, 9.17) is 23.2 Å². The quantitative estimate of drug-likeness (QED) is 0.340. The maximum absolute atomic E-state index is 13.9. The van der Waals surface area contributed by atoms with E-state index in [1.54, 1.807) is 62.4 Å². The van der Waals surface area contributed by atoms with Gasteiger partial charge in [-0.1, -0.05) is 53.5 Å². The first kappa shape index (κ1) is 30.5. The van der Waals surface area contributed by atoms with Crippen molar-refractivity contribution in [2.75, 3.05) is 10.8 Å². The monoisotopic (exact) mass is 589 g/mol. The van der Waals surface area contributed by atoms with E-state index in [1.807, 2.05) is 20.8 Å². The Bertz CT molecular complexity index is 1420. The molecule has 0 fully saturated rings. The summed E-state index contributed by atoms with van der Waals surface area (Å²) in [6, 6.07) is 18.7. The predicted octanol–water partition coefficient (Wildman–Crippen LogP) is 5.83. The number of halogens is 2. The second-order valence-electron chi connectivity index (χ2n) is 10.3. The number of nitrogens with zero attached hydrogens (tertiary/aromatic N) is 2. The SMILES string of the molecule is Cc1ccccc1N(CC(=O)N(Cc1ccc(Cl)cc1)[C@@H](C)C(=O)NC(C)(C)C)S(=O)(=O)c1ccc(Cl)cc1. The van der Waals surface area contributed by atoms with E-state index in [0.29, 0.717) is 21.3 Å². The molecule has 0 aliphatic rings. The van der Waals surface area contributed by atoms with Crippen LogP contribution in [0.5, 0.6) is 0 Å². The summed E-state index contributed by atoms with van der Waals surface area (Å²) >= 11 is 12.0. The molecule has 7 nitrogen and oxygen atoms in total. The number of amides is 2. The minimum absolute atomic E-state index is 0.00858. The Morgan fingerprint density at radius 3 is 1.97 bits per heavy atom. The highest BCUT2D eigenvalue weighted by atomic mass is 35.5. The summed E-state index contributed by atoms with van der Waals surface area (Å²) in [6.07, 6.45) is 0. The van der Waals surface area contributed by atoms with E-state index in [0.717, 1.165) is 9.87 Å². The minimum Gasteiger partial charge on any atom is -0.350 e. The molecule has 0 aliphatic heterocycles. The average molecular weight is 591 g/mol. The van der Waals surface area contributed by atoms with Gasteiger partial charge in [-0.25, -0.2) is 8.42 Å². The Balaban J connectivity index is 2.04. The van der Waals surface area contributed by atoms with Crippen LogP contribution in [-0.4, -0.2) is 43.3 Å². The lowest BCUT2D eigenvalue weighted by atomic mass is 10.1. The van der Waals surface area contributed by atoms with Crippen LogP contribution in [0.4, 0.5) is 5.69 Å². The molecule has 208 valence electrons. The average Bonchev–Trinajstić information content (AvgIpc) is 2.86. The fourth-order valence-corrected chi connectivity index (χ4v) is 5.66. The molecule has 10 heteroatoms. The van der Waals surface area contributed by atoms with Crippen molar-refractivity contribution in [3.63, 3.8) is 0 Å². The van der Waals surface area contributed by atoms with Gasteiger partial charge in [0.25, 0.3) is 10.0 Å². The van der Waals surface area contributed by atoms with Gasteiger partial charge in [-0.15, -0.1) is 0 Å². The number of hydrogen-bond donors (Lipinski definition) is 1. The Kier molecular flexibility index (Phi) is 9.69. The number of benzene rings is 3. The number of aryl methyl sites for hydroxylation is 1. The van der Waals surface area contributed by atoms with Crippen LogP contribution < -0.4 is 9.62 Å². The molecule has 0 aliphatic carbocycles. The number of rotatable bonds is 9. The van der Waals surface area contributed by atoms with Gasteiger partial charge in [-0.2, -0.15) is 0 Å². The van der Waals surface area contributed by atoms with E-state index >= 15 is 0 Å². The Hall–Kier alpha value is -3.07. The number of carbonyl (C=O) groups excluding carboxylic acids is 2. The van der Waals surface area contributed by atoms with Crippen molar-refractivity contribution < 1.29 is 18.0 Å². The maximum atomic E-state index is 13.9. The van der Waals surface area contributed by atoms with Crippen LogP contribution in [-0.2, 0) is 26.2 Å². The van der Waals surface area contributed by atoms with Crippen molar-refractivity contribution in [1.29, 1.82) is 0 Å². The smallest absolute Gasteiger partial charge is 0.264 e. The lowest BCUT2D eigenvalue weighted by Gasteiger charge is -2.33. The topological polar surface area (TPSA) is 86.8 Å². The molecular weight excluding hydrogens is 557 g/mol. The summed E-state index contributed by atoms with van der Waals surface area (Å²) in [6.45, 7) is 8.51. The number of nitrogens with one attached hydrogen (secondary N) is 1. The first-order valence-electron chi connectivity index (χ1n) is 12.4. The largest absolute Gasteiger partial charge is 0.350 e. The molecule has 39 heavy (non-hydrogen) atoms. The van der Waals surface area contributed by atoms with Gasteiger partial charge in [0.1, 0.15) is 12.6 Å². The standard InChI is InChI=1S/C29H33Cl2N3O4S/c1-20-8-6-7-9-26(20)34(39(37,38)25-16-14-24(31)15-17-25)19-27(35)33(18-22-10-12-23(30)13-11-22)21(2)28(36)32-29(3,4)5/h6-17,21H,18-19H2,1-5H3,(H,32,36)/t21-/m0/s1. The van der Waals surface area contributed by atoms with Gasteiger partial charge in [-0.3, -0.25) is 13.9 Å². The normalized spacial score (nSPS) is 12.5. The van der Waals surface area contributed by atoms with Crippen molar-refractivity contribution in [1.82, 2.24) is 10.2 Å². The lowest BCUT2D eigenvalue weighted by Crippen LogP contribution is -2.54. The molecule has 0 spiro atoms. The fraction of sp³-hybridized carbons (Fsp3) is 0.310. The summed E-state index contributed by atoms with van der Waals surface area (Å²) in [5.41, 5.74) is 1.25. The van der Waals surface area contributed by atoms with E-state index in [9.17, 15) is 18.0 Å². The molecule has 3 aromatic rings. The summed E-state index contributed by atoms with van der Waals surface area (Å²) < 4.78 is 28.8. The molecule has 0 heterocycles. The van der Waals surface area contributed by atoms with Crippen LogP contribution in [0.2, 0.25) is 10.0 Å². The molecule has 0 radical (unpaired) electrons. The maximum Gasteiger partial charge on any atom is 0.264 e. The first-order valence-corrected chi connectivity index (χ1v) is 14.6. The Labute approximate surface area is 240 Å². The van der Waals surface area contributed by atoms with Crippen LogP contribution in [0, 0.1) is 6.92 Å². The molecule has 0 saturated carbocycles. The van der Waals surface area contributed by atoms with Gasteiger partial charge in [0.15, 0.2) is 0 Å². The number of sulfonamides is 1. The highest BCUT2D eigenvalue weighted by molar-refractivity contribution is 7.92. The Morgan fingerprint density at radius 2 is 1.44 bits per heavy atom.